The zero-order valence-corrected chi connectivity index (χ0v) is 17.0. The second-order valence-electron chi connectivity index (χ2n) is 6.35. The van der Waals surface area contributed by atoms with E-state index in [9.17, 15) is 4.79 Å². The molecule has 0 radical (unpaired) electrons. The van der Waals surface area contributed by atoms with E-state index in [0.717, 1.165) is 23.2 Å². The molecule has 0 atom stereocenters. The van der Waals surface area contributed by atoms with E-state index in [4.69, 9.17) is 11.6 Å². The Bertz CT molecular complexity index is 1120. The number of nitrogens with one attached hydrogen (secondary N) is 2. The van der Waals surface area contributed by atoms with E-state index < -0.39 is 0 Å². The number of thiophene rings is 1. The summed E-state index contributed by atoms with van der Waals surface area (Å²) in [5, 5.41) is 9.56. The van der Waals surface area contributed by atoms with Crippen molar-refractivity contribution in [2.24, 2.45) is 0 Å². The summed E-state index contributed by atoms with van der Waals surface area (Å²) < 4.78 is 2.31. The van der Waals surface area contributed by atoms with Gasteiger partial charge in [0, 0.05) is 29.6 Å². The Balaban J connectivity index is 1.66. The molecule has 2 aromatic heterocycles. The number of amides is 2. The van der Waals surface area contributed by atoms with Crippen LogP contribution in [0.1, 0.15) is 12.5 Å². The molecule has 142 valence electrons. The number of anilines is 1. The van der Waals surface area contributed by atoms with Gasteiger partial charge in [0.2, 0.25) is 0 Å². The number of carbonyl (C=O) groups excluding carboxylic acids is 1. The zero-order chi connectivity index (χ0) is 19.5. The van der Waals surface area contributed by atoms with Crippen molar-refractivity contribution in [3.63, 3.8) is 0 Å². The molecule has 2 aromatic carbocycles. The number of urea groups is 1. The second kappa shape index (κ2) is 8.09. The van der Waals surface area contributed by atoms with E-state index in [0.29, 0.717) is 17.3 Å². The quantitative estimate of drug-likeness (QED) is 0.395. The number of halogens is 1. The van der Waals surface area contributed by atoms with Gasteiger partial charge in [-0.1, -0.05) is 48.0 Å². The minimum Gasteiger partial charge on any atom is -0.340 e. The summed E-state index contributed by atoms with van der Waals surface area (Å²) in [6, 6.07) is 19.4. The summed E-state index contributed by atoms with van der Waals surface area (Å²) >= 11 is 7.84. The van der Waals surface area contributed by atoms with E-state index >= 15 is 0 Å². The monoisotopic (exact) mass is 409 g/mol. The lowest BCUT2D eigenvalue weighted by Crippen LogP contribution is -2.28. The van der Waals surface area contributed by atoms with Crippen molar-refractivity contribution in [1.82, 2.24) is 9.88 Å². The average Bonchev–Trinajstić information content (AvgIpc) is 3.33. The molecular weight excluding hydrogens is 390 g/mol. The van der Waals surface area contributed by atoms with Gasteiger partial charge in [-0.25, -0.2) is 4.79 Å². The number of hydrogen-bond donors (Lipinski definition) is 2. The molecule has 0 spiro atoms. The maximum atomic E-state index is 12.5. The molecule has 0 saturated carbocycles. The minimum absolute atomic E-state index is 0.279. The number of aryl methyl sites for hydroxylation is 1. The number of carbonyl (C=O) groups is 1. The number of nitrogens with zero attached hydrogens (tertiary/aromatic N) is 1. The lowest BCUT2D eigenvalue weighted by Gasteiger charge is -2.11. The molecule has 0 saturated heterocycles. The number of benzene rings is 2. The standard InChI is InChI=1S/C22H20ClN3OS/c1-2-26-19-11-6-3-8-15(19)16(21(26)20-12-7-13-28-20)14-24-22(27)25-18-10-5-4-9-17(18)23/h3-13H,2,14H2,1H3,(H2,24,25,27). The maximum absolute atomic E-state index is 12.5. The number of para-hydroxylation sites is 2. The van der Waals surface area contributed by atoms with Crippen LogP contribution in [-0.4, -0.2) is 10.6 Å². The van der Waals surface area contributed by atoms with Gasteiger partial charge in [0.05, 0.1) is 21.3 Å². The van der Waals surface area contributed by atoms with Crippen LogP contribution in [-0.2, 0) is 13.1 Å². The van der Waals surface area contributed by atoms with Crippen molar-refractivity contribution < 1.29 is 4.79 Å². The Morgan fingerprint density at radius 3 is 2.61 bits per heavy atom. The Labute approximate surface area is 172 Å². The van der Waals surface area contributed by atoms with Gasteiger partial charge >= 0.3 is 6.03 Å². The van der Waals surface area contributed by atoms with E-state index in [2.05, 4.69) is 51.8 Å². The summed E-state index contributed by atoms with van der Waals surface area (Å²) in [4.78, 5) is 13.7. The van der Waals surface area contributed by atoms with Gasteiger partial charge in [-0.05, 0) is 36.6 Å². The topological polar surface area (TPSA) is 46.1 Å². The van der Waals surface area contributed by atoms with E-state index in [-0.39, 0.29) is 6.03 Å². The molecule has 6 heteroatoms. The van der Waals surface area contributed by atoms with Crippen LogP contribution >= 0.6 is 22.9 Å². The highest BCUT2D eigenvalue weighted by atomic mass is 35.5. The summed E-state index contributed by atoms with van der Waals surface area (Å²) in [6.07, 6.45) is 0. The van der Waals surface area contributed by atoms with Crippen molar-refractivity contribution >= 4 is 45.6 Å². The third-order valence-corrected chi connectivity index (χ3v) is 5.90. The van der Waals surface area contributed by atoms with Gasteiger partial charge in [0.25, 0.3) is 0 Å². The molecule has 4 nitrogen and oxygen atoms in total. The normalized spacial score (nSPS) is 10.9. The van der Waals surface area contributed by atoms with E-state index in [1.807, 2.05) is 24.3 Å². The highest BCUT2D eigenvalue weighted by Gasteiger charge is 2.19. The molecule has 2 N–H and O–H groups in total. The smallest absolute Gasteiger partial charge is 0.319 e. The van der Waals surface area contributed by atoms with Crippen LogP contribution in [0.4, 0.5) is 10.5 Å². The SMILES string of the molecule is CCn1c(-c2cccs2)c(CNC(=O)Nc2ccccc2Cl)c2ccccc21. The molecule has 0 aliphatic heterocycles. The minimum atomic E-state index is -0.279. The number of fused-ring (bicyclic) bond motifs is 1. The first-order valence-corrected chi connectivity index (χ1v) is 10.4. The van der Waals surface area contributed by atoms with Gasteiger partial charge in [0.1, 0.15) is 0 Å². The predicted octanol–water partition coefficient (Wildman–Crippen LogP) is 6.36. The van der Waals surface area contributed by atoms with Crippen LogP contribution in [0.5, 0.6) is 0 Å². The predicted molar refractivity (Wildman–Crippen MR) is 118 cm³/mol. The molecule has 28 heavy (non-hydrogen) atoms. The first-order valence-electron chi connectivity index (χ1n) is 9.12. The first kappa shape index (κ1) is 18.6. The van der Waals surface area contributed by atoms with Crippen molar-refractivity contribution in [3.05, 3.63) is 76.6 Å². The fraction of sp³-hybridized carbons (Fsp3) is 0.136. The van der Waals surface area contributed by atoms with Crippen LogP contribution in [0, 0.1) is 0 Å². The lowest BCUT2D eigenvalue weighted by molar-refractivity contribution is 0.252. The molecule has 2 heterocycles. The maximum Gasteiger partial charge on any atom is 0.319 e. The highest BCUT2D eigenvalue weighted by molar-refractivity contribution is 7.13. The Morgan fingerprint density at radius 2 is 1.86 bits per heavy atom. The molecule has 0 unspecified atom stereocenters. The van der Waals surface area contributed by atoms with Gasteiger partial charge in [-0.3, -0.25) is 0 Å². The Kier molecular flexibility index (Phi) is 5.37. The molecule has 0 fully saturated rings. The third kappa shape index (κ3) is 3.51. The second-order valence-corrected chi connectivity index (χ2v) is 7.71. The van der Waals surface area contributed by atoms with E-state index in [1.54, 1.807) is 23.5 Å². The largest absolute Gasteiger partial charge is 0.340 e. The summed E-state index contributed by atoms with van der Waals surface area (Å²) in [5.41, 5.74) is 4.05. The molecule has 4 aromatic rings. The first-order chi connectivity index (χ1) is 13.7. The molecule has 0 aliphatic carbocycles. The average molecular weight is 410 g/mol. The summed E-state index contributed by atoms with van der Waals surface area (Å²) in [5.74, 6) is 0. The molecular formula is C22H20ClN3OS. The Morgan fingerprint density at radius 1 is 1.07 bits per heavy atom. The van der Waals surface area contributed by atoms with Crippen LogP contribution in [0.3, 0.4) is 0 Å². The number of aromatic nitrogens is 1. The summed E-state index contributed by atoms with van der Waals surface area (Å²) in [6.45, 7) is 3.43. The molecule has 0 bridgehead atoms. The fourth-order valence-electron chi connectivity index (χ4n) is 3.48. The highest BCUT2D eigenvalue weighted by Crippen LogP contribution is 2.36. The number of rotatable bonds is 5. The van der Waals surface area contributed by atoms with Crippen molar-refractivity contribution in [2.75, 3.05) is 5.32 Å². The van der Waals surface area contributed by atoms with Gasteiger partial charge < -0.3 is 15.2 Å². The van der Waals surface area contributed by atoms with Gasteiger partial charge in [-0.15, -0.1) is 11.3 Å². The van der Waals surface area contributed by atoms with Crippen molar-refractivity contribution in [2.45, 2.75) is 20.0 Å². The van der Waals surface area contributed by atoms with Crippen molar-refractivity contribution in [1.29, 1.82) is 0 Å². The lowest BCUT2D eigenvalue weighted by atomic mass is 10.1. The number of hydrogen-bond acceptors (Lipinski definition) is 2. The van der Waals surface area contributed by atoms with Gasteiger partial charge in [0.15, 0.2) is 0 Å². The fourth-order valence-corrected chi connectivity index (χ4v) is 4.46. The van der Waals surface area contributed by atoms with Crippen LogP contribution in [0.25, 0.3) is 21.5 Å². The van der Waals surface area contributed by atoms with Crippen molar-refractivity contribution in [3.8, 4) is 10.6 Å². The van der Waals surface area contributed by atoms with Gasteiger partial charge in [-0.2, -0.15) is 0 Å². The van der Waals surface area contributed by atoms with E-state index in [1.165, 1.54) is 10.4 Å². The van der Waals surface area contributed by atoms with Crippen LogP contribution in [0.2, 0.25) is 5.02 Å². The van der Waals surface area contributed by atoms with Crippen LogP contribution < -0.4 is 10.6 Å². The summed E-state index contributed by atoms with van der Waals surface area (Å²) in [7, 11) is 0. The third-order valence-electron chi connectivity index (χ3n) is 4.69. The molecule has 4 rings (SSSR count). The van der Waals surface area contributed by atoms with Crippen LogP contribution in [0.15, 0.2) is 66.0 Å². The molecule has 0 aliphatic rings. The Hall–Kier alpha value is -2.76. The molecule has 2 amide bonds. The zero-order valence-electron chi connectivity index (χ0n) is 15.4.